The molecule has 2 fully saturated rings. The topological polar surface area (TPSA) is 62.1 Å². The second kappa shape index (κ2) is 7.41. The highest BCUT2D eigenvalue weighted by molar-refractivity contribution is 5.20. The van der Waals surface area contributed by atoms with Crippen molar-refractivity contribution in [1.82, 2.24) is 19.9 Å². The lowest BCUT2D eigenvalue weighted by molar-refractivity contribution is -0.151. The quantitative estimate of drug-likeness (QED) is 0.896. The predicted octanol–water partition coefficient (Wildman–Crippen LogP) is 2.94. The monoisotopic (exact) mass is 352 g/mol. The highest BCUT2D eigenvalue weighted by atomic mass is 16.3. The van der Waals surface area contributed by atoms with Crippen LogP contribution in [0.2, 0.25) is 0 Å². The Morgan fingerprint density at radius 2 is 1.85 bits per heavy atom. The molecule has 1 unspecified atom stereocenters. The van der Waals surface area contributed by atoms with Gasteiger partial charge in [-0.3, -0.25) is 9.88 Å². The summed E-state index contributed by atoms with van der Waals surface area (Å²) >= 11 is 0. The Balaban J connectivity index is 1.49. The van der Waals surface area contributed by atoms with Gasteiger partial charge in [-0.2, -0.15) is 0 Å². The lowest BCUT2D eigenvalue weighted by Gasteiger charge is -2.52. The maximum atomic E-state index is 11.6. The van der Waals surface area contributed by atoms with Gasteiger partial charge < -0.3 is 5.11 Å². The molecule has 26 heavy (non-hydrogen) atoms. The molecule has 2 aliphatic rings. The maximum absolute atomic E-state index is 11.6. The van der Waals surface area contributed by atoms with E-state index in [1.165, 1.54) is 6.42 Å². The van der Waals surface area contributed by atoms with Crippen LogP contribution in [0, 0.1) is 11.8 Å². The van der Waals surface area contributed by atoms with Gasteiger partial charge in [0.1, 0.15) is 11.4 Å². The molecule has 5 heteroatoms. The van der Waals surface area contributed by atoms with Crippen LogP contribution in [-0.4, -0.2) is 38.0 Å². The number of fused-ring (bicyclic) bond motifs is 2. The highest BCUT2D eigenvalue weighted by Gasteiger charge is 2.52. The Morgan fingerprint density at radius 1 is 1.12 bits per heavy atom. The zero-order valence-electron chi connectivity index (χ0n) is 15.5. The largest absolute Gasteiger partial charge is 0.383 e. The standard InChI is InChI=1S/C21H28N4O/c1-2-6-20-23-11-16(12-24-20)13-25-14-17-7-5-8-18(15-25)21(17,26)19-9-3-4-10-22-19/h3-4,9-12,17-18,26H,2,5-8,13-15H2,1H3/t17-,18+,21?. The van der Waals surface area contributed by atoms with E-state index >= 15 is 0 Å². The van der Waals surface area contributed by atoms with Gasteiger partial charge >= 0.3 is 0 Å². The summed E-state index contributed by atoms with van der Waals surface area (Å²) in [6.07, 6.45) is 11.1. The van der Waals surface area contributed by atoms with Gasteiger partial charge in [-0.15, -0.1) is 0 Å². The molecule has 2 bridgehead atoms. The van der Waals surface area contributed by atoms with Crippen LogP contribution >= 0.6 is 0 Å². The summed E-state index contributed by atoms with van der Waals surface area (Å²) in [5.74, 6) is 1.41. The van der Waals surface area contributed by atoms with Gasteiger partial charge in [0.05, 0.1) is 5.69 Å². The number of pyridine rings is 1. The van der Waals surface area contributed by atoms with Crippen LogP contribution in [-0.2, 0) is 18.6 Å². The summed E-state index contributed by atoms with van der Waals surface area (Å²) in [6.45, 7) is 4.81. The van der Waals surface area contributed by atoms with Gasteiger partial charge in [0, 0.05) is 62.0 Å². The molecule has 0 aromatic carbocycles. The minimum Gasteiger partial charge on any atom is -0.383 e. The van der Waals surface area contributed by atoms with Crippen LogP contribution in [0.1, 0.15) is 49.7 Å². The third-order valence-corrected chi connectivity index (χ3v) is 6.02. The van der Waals surface area contributed by atoms with Crippen LogP contribution < -0.4 is 0 Å². The van der Waals surface area contributed by atoms with Gasteiger partial charge in [0.25, 0.3) is 0 Å². The number of aliphatic hydroxyl groups is 1. The molecule has 138 valence electrons. The summed E-state index contributed by atoms with van der Waals surface area (Å²) in [5, 5.41) is 11.6. The zero-order valence-corrected chi connectivity index (χ0v) is 15.5. The predicted molar refractivity (Wildman–Crippen MR) is 100 cm³/mol. The minimum absolute atomic E-state index is 0.241. The van der Waals surface area contributed by atoms with Gasteiger partial charge in [-0.05, 0) is 31.4 Å². The third kappa shape index (κ3) is 3.26. The van der Waals surface area contributed by atoms with Crippen molar-refractivity contribution in [2.75, 3.05) is 13.1 Å². The molecule has 2 aromatic heterocycles. The fourth-order valence-electron chi connectivity index (χ4n) is 4.76. The Kier molecular flexibility index (Phi) is 5.00. The van der Waals surface area contributed by atoms with E-state index in [2.05, 4.69) is 26.8 Å². The zero-order chi connectivity index (χ0) is 18.0. The number of likely N-dealkylation sites (tertiary alicyclic amines) is 1. The SMILES string of the molecule is CCCc1ncc(CN2C[C@H]3CCC[C@@H](C2)C3(O)c2ccccn2)cn1. The Labute approximate surface area is 155 Å². The van der Waals surface area contributed by atoms with Crippen molar-refractivity contribution in [1.29, 1.82) is 0 Å². The fraction of sp³-hybridized carbons (Fsp3) is 0.571. The van der Waals surface area contributed by atoms with Gasteiger partial charge in [-0.1, -0.05) is 19.4 Å². The van der Waals surface area contributed by atoms with Crippen LogP contribution in [0.3, 0.4) is 0 Å². The van der Waals surface area contributed by atoms with E-state index in [9.17, 15) is 5.11 Å². The highest BCUT2D eigenvalue weighted by Crippen LogP contribution is 2.48. The van der Waals surface area contributed by atoms with Crippen molar-refractivity contribution in [3.63, 3.8) is 0 Å². The summed E-state index contributed by atoms with van der Waals surface area (Å²) in [7, 11) is 0. The Bertz CT molecular complexity index is 705. The van der Waals surface area contributed by atoms with E-state index in [4.69, 9.17) is 0 Å². The van der Waals surface area contributed by atoms with Crippen molar-refractivity contribution in [3.05, 3.63) is 53.9 Å². The molecule has 0 radical (unpaired) electrons. The molecule has 3 heterocycles. The van der Waals surface area contributed by atoms with E-state index in [1.54, 1.807) is 6.20 Å². The molecule has 0 amide bonds. The normalized spacial score (nSPS) is 28.8. The Morgan fingerprint density at radius 3 is 2.46 bits per heavy atom. The lowest BCUT2D eigenvalue weighted by Crippen LogP contribution is -2.58. The summed E-state index contributed by atoms with van der Waals surface area (Å²) in [5.41, 5.74) is 1.23. The fourth-order valence-corrected chi connectivity index (χ4v) is 4.76. The molecule has 1 saturated carbocycles. The molecule has 1 aliphatic heterocycles. The van der Waals surface area contributed by atoms with E-state index < -0.39 is 5.60 Å². The number of piperidine rings is 1. The van der Waals surface area contributed by atoms with Crippen molar-refractivity contribution < 1.29 is 5.11 Å². The second-order valence-electron chi connectivity index (χ2n) is 7.82. The molecule has 4 rings (SSSR count). The number of aromatic nitrogens is 3. The minimum atomic E-state index is -0.780. The number of hydrogen-bond acceptors (Lipinski definition) is 5. The van der Waals surface area contributed by atoms with Crippen LogP contribution in [0.4, 0.5) is 0 Å². The Hall–Kier alpha value is -1.85. The smallest absolute Gasteiger partial charge is 0.128 e. The first-order valence-electron chi connectivity index (χ1n) is 9.86. The number of rotatable bonds is 5. The first-order valence-corrected chi connectivity index (χ1v) is 9.86. The van der Waals surface area contributed by atoms with Crippen molar-refractivity contribution in [2.45, 2.75) is 51.2 Å². The van der Waals surface area contributed by atoms with Crippen molar-refractivity contribution in [3.8, 4) is 0 Å². The number of aryl methyl sites for hydroxylation is 1. The average Bonchev–Trinajstić information content (AvgIpc) is 2.65. The van der Waals surface area contributed by atoms with E-state index in [0.717, 1.165) is 62.4 Å². The molecule has 1 aliphatic carbocycles. The number of hydrogen-bond donors (Lipinski definition) is 1. The van der Waals surface area contributed by atoms with Crippen molar-refractivity contribution in [2.24, 2.45) is 11.8 Å². The van der Waals surface area contributed by atoms with Gasteiger partial charge in [-0.25, -0.2) is 9.97 Å². The summed E-state index contributed by atoms with van der Waals surface area (Å²) in [6, 6.07) is 5.89. The molecule has 1 saturated heterocycles. The molecule has 0 spiro atoms. The summed E-state index contributed by atoms with van der Waals surface area (Å²) < 4.78 is 0. The first kappa shape index (κ1) is 17.6. The van der Waals surface area contributed by atoms with E-state index in [1.807, 2.05) is 30.6 Å². The van der Waals surface area contributed by atoms with E-state index in [-0.39, 0.29) is 11.8 Å². The third-order valence-electron chi connectivity index (χ3n) is 6.02. The van der Waals surface area contributed by atoms with E-state index in [0.29, 0.717) is 0 Å². The van der Waals surface area contributed by atoms with Crippen LogP contribution in [0.5, 0.6) is 0 Å². The van der Waals surface area contributed by atoms with Crippen molar-refractivity contribution >= 4 is 0 Å². The lowest BCUT2D eigenvalue weighted by atomic mass is 9.64. The number of nitrogens with zero attached hydrogens (tertiary/aromatic N) is 4. The van der Waals surface area contributed by atoms with Crippen LogP contribution in [0.15, 0.2) is 36.8 Å². The molecule has 1 N–H and O–H groups in total. The van der Waals surface area contributed by atoms with Crippen LogP contribution in [0.25, 0.3) is 0 Å². The summed E-state index contributed by atoms with van der Waals surface area (Å²) in [4.78, 5) is 15.9. The second-order valence-corrected chi connectivity index (χ2v) is 7.82. The molecule has 3 atom stereocenters. The average molecular weight is 352 g/mol. The molecule has 2 aromatic rings. The maximum Gasteiger partial charge on any atom is 0.128 e. The van der Waals surface area contributed by atoms with Gasteiger partial charge in [0.2, 0.25) is 0 Å². The first-order chi connectivity index (χ1) is 12.7. The molecular formula is C21H28N4O. The van der Waals surface area contributed by atoms with Gasteiger partial charge in [0.15, 0.2) is 0 Å². The molecular weight excluding hydrogens is 324 g/mol. The molecule has 5 nitrogen and oxygen atoms in total.